The molecular weight excluding hydrogens is 418 g/mol. The van der Waals surface area contributed by atoms with Crippen LogP contribution in [-0.2, 0) is 14.7 Å². The summed E-state index contributed by atoms with van der Waals surface area (Å²) in [7, 11) is -3.74. The Morgan fingerprint density at radius 2 is 1.06 bits per heavy atom. The van der Waals surface area contributed by atoms with Crippen molar-refractivity contribution in [2.24, 2.45) is 0 Å². The monoisotopic (exact) mass is 441 g/mol. The lowest BCUT2D eigenvalue weighted by molar-refractivity contribution is 0.0843. The van der Waals surface area contributed by atoms with Crippen LogP contribution >= 0.6 is 0 Å². The molecule has 1 saturated heterocycles. The zero-order chi connectivity index (χ0) is 22.0. The van der Waals surface area contributed by atoms with Crippen LogP contribution in [0.1, 0.15) is 23.3 Å². The molecule has 0 unspecified atom stereocenters. The van der Waals surface area contributed by atoms with Gasteiger partial charge in [0.2, 0.25) is 0 Å². The van der Waals surface area contributed by atoms with E-state index in [1.165, 1.54) is 0 Å². The zero-order valence-corrected chi connectivity index (χ0v) is 18.2. The van der Waals surface area contributed by atoms with Gasteiger partial charge in [-0.2, -0.15) is 0 Å². The van der Waals surface area contributed by atoms with E-state index in [1.54, 1.807) is 29.3 Å². The van der Waals surface area contributed by atoms with Gasteiger partial charge in [-0.1, -0.05) is 97.1 Å². The van der Waals surface area contributed by atoms with Crippen molar-refractivity contribution in [2.75, 3.05) is 5.06 Å². The van der Waals surface area contributed by atoms with Crippen LogP contribution in [-0.4, -0.2) is 13.7 Å². The third kappa shape index (κ3) is 3.70. The number of sulfone groups is 1. The van der Waals surface area contributed by atoms with Gasteiger partial charge in [-0.25, -0.2) is 13.5 Å². The van der Waals surface area contributed by atoms with Crippen LogP contribution in [0.25, 0.3) is 0 Å². The molecule has 0 spiro atoms. The number of hydrogen-bond donors (Lipinski definition) is 0. The Morgan fingerprint density at radius 3 is 1.62 bits per heavy atom. The van der Waals surface area contributed by atoms with Crippen molar-refractivity contribution in [2.45, 2.75) is 22.3 Å². The second-order valence-corrected chi connectivity index (χ2v) is 9.88. The molecule has 0 bridgehead atoms. The van der Waals surface area contributed by atoms with Crippen LogP contribution in [0.4, 0.5) is 5.69 Å². The van der Waals surface area contributed by atoms with Gasteiger partial charge in [-0.3, -0.25) is 4.84 Å². The number of para-hydroxylation sites is 1. The first kappa shape index (κ1) is 20.5. The first-order chi connectivity index (χ1) is 15.7. The average Bonchev–Trinajstić information content (AvgIpc) is 3.28. The fraction of sp³-hybridized carbons (Fsp3) is 0.111. The van der Waals surface area contributed by atoms with E-state index in [1.807, 2.05) is 97.1 Å². The summed E-state index contributed by atoms with van der Waals surface area (Å²) in [6.45, 7) is 0. The highest BCUT2D eigenvalue weighted by Gasteiger charge is 2.52. The minimum atomic E-state index is -3.74. The zero-order valence-electron chi connectivity index (χ0n) is 17.4. The van der Waals surface area contributed by atoms with Crippen LogP contribution in [0.3, 0.4) is 0 Å². The molecule has 3 atom stereocenters. The molecule has 160 valence electrons. The highest BCUT2D eigenvalue weighted by atomic mass is 32.2. The number of anilines is 1. The fourth-order valence-corrected chi connectivity index (χ4v) is 6.30. The first-order valence-corrected chi connectivity index (χ1v) is 12.1. The van der Waals surface area contributed by atoms with Gasteiger partial charge in [0.05, 0.1) is 10.6 Å². The largest absolute Gasteiger partial charge is 0.263 e. The topological polar surface area (TPSA) is 46.6 Å². The molecule has 0 N–H and O–H groups in total. The molecule has 4 nitrogen and oxygen atoms in total. The summed E-state index contributed by atoms with van der Waals surface area (Å²) in [5.41, 5.74) is 2.53. The Labute approximate surface area is 188 Å². The van der Waals surface area contributed by atoms with Crippen LogP contribution < -0.4 is 5.06 Å². The molecule has 0 aromatic heterocycles. The minimum absolute atomic E-state index is 0.297. The van der Waals surface area contributed by atoms with Gasteiger partial charge >= 0.3 is 0 Å². The van der Waals surface area contributed by atoms with E-state index in [0.717, 1.165) is 16.8 Å². The number of rotatable bonds is 5. The molecule has 0 radical (unpaired) electrons. The predicted octanol–water partition coefficient (Wildman–Crippen LogP) is 5.76. The molecule has 1 aliphatic rings. The van der Waals surface area contributed by atoms with Crippen molar-refractivity contribution in [3.05, 3.63) is 132 Å². The van der Waals surface area contributed by atoms with E-state index in [0.29, 0.717) is 4.90 Å². The highest BCUT2D eigenvalue weighted by Crippen LogP contribution is 2.49. The third-order valence-electron chi connectivity index (χ3n) is 5.80. The third-order valence-corrected chi connectivity index (χ3v) is 7.95. The summed E-state index contributed by atoms with van der Waals surface area (Å²) < 4.78 is 28.1. The number of nitrogens with zero attached hydrogens (tertiary/aromatic N) is 1. The standard InChI is InChI=1S/C27H23NO3S/c29-32(30,24-19-11-4-12-20-24)27-25(21-13-5-1-6-14-21)28(23-17-9-3-10-18-23)31-26(27)22-15-7-2-8-16-22/h1-20,25-27H/t25-,26+,27-/m1/s1. The van der Waals surface area contributed by atoms with Gasteiger partial charge in [0.25, 0.3) is 0 Å². The molecule has 4 aromatic rings. The van der Waals surface area contributed by atoms with E-state index in [9.17, 15) is 8.42 Å². The lowest BCUT2D eigenvalue weighted by atomic mass is 9.97. The van der Waals surface area contributed by atoms with Gasteiger partial charge in [-0.05, 0) is 35.4 Å². The second kappa shape index (κ2) is 8.61. The Balaban J connectivity index is 1.73. The molecule has 0 saturated carbocycles. The molecule has 1 heterocycles. The molecule has 0 amide bonds. The van der Waals surface area contributed by atoms with Crippen molar-refractivity contribution in [3.8, 4) is 0 Å². The van der Waals surface area contributed by atoms with E-state index in [4.69, 9.17) is 4.84 Å². The summed E-state index contributed by atoms with van der Waals surface area (Å²) in [6, 6.07) is 37.1. The molecular formula is C27H23NO3S. The maximum absolute atomic E-state index is 14.1. The minimum Gasteiger partial charge on any atom is -0.263 e. The summed E-state index contributed by atoms with van der Waals surface area (Å²) in [5.74, 6) is 0. The smallest absolute Gasteiger partial charge is 0.186 e. The number of benzene rings is 4. The summed E-state index contributed by atoms with van der Waals surface area (Å²) in [5, 5.41) is 0.924. The van der Waals surface area contributed by atoms with E-state index in [2.05, 4.69) is 0 Å². The fourth-order valence-electron chi connectivity index (χ4n) is 4.31. The summed E-state index contributed by atoms with van der Waals surface area (Å²) in [6.07, 6.45) is -0.660. The van der Waals surface area contributed by atoms with E-state index >= 15 is 0 Å². The molecule has 32 heavy (non-hydrogen) atoms. The molecule has 1 fully saturated rings. The Morgan fingerprint density at radius 1 is 0.594 bits per heavy atom. The van der Waals surface area contributed by atoms with E-state index in [-0.39, 0.29) is 0 Å². The van der Waals surface area contributed by atoms with Crippen LogP contribution in [0.15, 0.2) is 126 Å². The maximum Gasteiger partial charge on any atom is 0.186 e. The average molecular weight is 442 g/mol. The van der Waals surface area contributed by atoms with E-state index < -0.39 is 27.2 Å². The van der Waals surface area contributed by atoms with Gasteiger partial charge in [0.15, 0.2) is 9.84 Å². The normalized spacial score (nSPS) is 20.9. The molecule has 1 aliphatic heterocycles. The Bertz CT molecular complexity index is 1260. The molecule has 4 aromatic carbocycles. The van der Waals surface area contributed by atoms with Crippen LogP contribution in [0.2, 0.25) is 0 Å². The maximum atomic E-state index is 14.1. The van der Waals surface area contributed by atoms with Gasteiger partial charge in [0.1, 0.15) is 17.4 Å². The lowest BCUT2D eigenvalue weighted by Crippen LogP contribution is -2.33. The molecule has 5 heteroatoms. The summed E-state index contributed by atoms with van der Waals surface area (Å²) in [4.78, 5) is 6.77. The van der Waals surface area contributed by atoms with Gasteiger partial charge in [-0.15, -0.1) is 0 Å². The van der Waals surface area contributed by atoms with Crippen molar-refractivity contribution in [1.29, 1.82) is 0 Å². The first-order valence-electron chi connectivity index (χ1n) is 10.6. The molecule has 0 aliphatic carbocycles. The quantitative estimate of drug-likeness (QED) is 0.395. The lowest BCUT2D eigenvalue weighted by Gasteiger charge is -2.27. The van der Waals surface area contributed by atoms with Gasteiger partial charge < -0.3 is 0 Å². The predicted molar refractivity (Wildman–Crippen MR) is 126 cm³/mol. The van der Waals surface area contributed by atoms with Crippen LogP contribution in [0.5, 0.6) is 0 Å². The second-order valence-electron chi connectivity index (χ2n) is 7.78. The van der Waals surface area contributed by atoms with Crippen molar-refractivity contribution in [3.63, 3.8) is 0 Å². The van der Waals surface area contributed by atoms with Crippen molar-refractivity contribution in [1.82, 2.24) is 0 Å². The molecule has 5 rings (SSSR count). The number of hydrogen-bond acceptors (Lipinski definition) is 4. The Hall–Kier alpha value is -3.41. The number of hydroxylamine groups is 1. The SMILES string of the molecule is O=S(=O)(c1ccccc1)[C@@H]1[C@@H](c2ccccc2)N(c2ccccc2)O[C@H]1c1ccccc1. The van der Waals surface area contributed by atoms with Crippen LogP contribution in [0, 0.1) is 0 Å². The summed E-state index contributed by atoms with van der Waals surface area (Å²) >= 11 is 0. The highest BCUT2D eigenvalue weighted by molar-refractivity contribution is 7.92. The van der Waals surface area contributed by atoms with Gasteiger partial charge in [0, 0.05) is 0 Å². The van der Waals surface area contributed by atoms with Crippen molar-refractivity contribution < 1.29 is 13.3 Å². The van der Waals surface area contributed by atoms with Crippen molar-refractivity contribution >= 4 is 15.5 Å². The Kier molecular flexibility index (Phi) is 5.52.